The molecule has 13 aromatic carbocycles. The van der Waals surface area contributed by atoms with Crippen LogP contribution in [0.2, 0.25) is 0 Å². The lowest BCUT2D eigenvalue weighted by molar-refractivity contribution is -0.139. The zero-order valence-electron chi connectivity index (χ0n) is 53.0. The number of hydrogen-bond donors (Lipinski definition) is 0. The van der Waals surface area contributed by atoms with Crippen molar-refractivity contribution in [3.63, 3.8) is 0 Å². The number of esters is 2. The first-order valence-electron chi connectivity index (χ1n) is 32.4. The highest BCUT2D eigenvalue weighted by atomic mass is 32.1. The maximum absolute atomic E-state index is 16.6. The first-order chi connectivity index (χ1) is 50.1. The molecule has 4 amide bonds. The molecule has 2 aliphatic heterocycles. The van der Waals surface area contributed by atoms with Gasteiger partial charge in [0.2, 0.25) is 0 Å². The molecule has 0 spiro atoms. The highest BCUT2D eigenvalue weighted by molar-refractivity contribution is 7.12. The lowest BCUT2D eigenvalue weighted by Gasteiger charge is -2.35. The van der Waals surface area contributed by atoms with E-state index in [9.17, 15) is 0 Å². The fraction of sp³-hybridized carbons (Fsp3) is 0.0238. The number of hydrogen-bond acceptors (Lipinski definition) is 16. The molecule has 2 atom stereocenters. The van der Waals surface area contributed by atoms with Crippen LogP contribution >= 0.6 is 22.7 Å². The van der Waals surface area contributed by atoms with E-state index in [4.69, 9.17) is 37.3 Å². The fourth-order valence-electron chi connectivity index (χ4n) is 14.4. The van der Waals surface area contributed by atoms with E-state index in [2.05, 4.69) is 0 Å². The maximum atomic E-state index is 16.6. The molecule has 102 heavy (non-hydrogen) atoms. The number of para-hydroxylation sites is 6. The minimum absolute atomic E-state index is 0.0408. The number of carbonyl (C=O) groups excluding carboxylic acids is 6. The average molecular weight is 1370 g/mol. The van der Waals surface area contributed by atoms with Crippen molar-refractivity contribution in [2.75, 3.05) is 0 Å². The molecule has 6 heterocycles. The summed E-state index contributed by atoms with van der Waals surface area (Å²) in [5.74, 6) is -4.00. The Labute approximate surface area is 584 Å². The van der Waals surface area contributed by atoms with Gasteiger partial charge in [-0.05, 0) is 143 Å². The minimum Gasteiger partial charge on any atom is -0.457 e. The summed E-state index contributed by atoms with van der Waals surface area (Å²) >= 11 is 2.32. The first kappa shape index (κ1) is 59.8. The van der Waals surface area contributed by atoms with Crippen LogP contribution in [0.5, 0.6) is 56.1 Å². The second kappa shape index (κ2) is 23.7. The Bertz CT molecular complexity index is 5760. The van der Waals surface area contributed by atoms with Crippen LogP contribution in [0.15, 0.2) is 274 Å². The Hall–Kier alpha value is -13.4. The highest BCUT2D eigenvalue weighted by Gasteiger charge is 2.48. The van der Waals surface area contributed by atoms with E-state index >= 15 is 28.8 Å². The van der Waals surface area contributed by atoms with Crippen LogP contribution in [0.25, 0.3) is 87.0 Å². The van der Waals surface area contributed by atoms with Crippen molar-refractivity contribution >= 4 is 145 Å². The summed E-state index contributed by atoms with van der Waals surface area (Å²) in [5, 5.41) is 8.76. The number of amides is 4. The van der Waals surface area contributed by atoms with Gasteiger partial charge in [0.25, 0.3) is 23.6 Å². The molecule has 2 unspecified atom stereocenters. The number of imide groups is 2. The van der Waals surface area contributed by atoms with Gasteiger partial charge in [-0.1, -0.05) is 133 Å². The standard InChI is InChI=1S/C84H46N2O14S2/c87-79-55-41-63(93-47-19-5-1-6-20-47)71-72-64(94-48-21-7-2-8-22-48)42-57-70-58(82(90)86(81(57)89)78(84(92)100-68-32-18-38-102-68)46-34-36-54-52-28-14-16-30-60(52)98-62(54)40-46)44-66(96-50-25-11-4-12-26-50)74(76(70)72)73-65(95-49-23-9-3-10-24-49)43-56(69(55)75(71)73)80(88)85(79)77(83(91)99-67-31-17-37-101-67)45-33-35-53-51-27-13-15-29-59(51)97-61(53)39-45/h1-44,77-78H. The van der Waals surface area contributed by atoms with Gasteiger partial charge in [-0.3, -0.25) is 29.0 Å². The quantitative estimate of drug-likeness (QED) is 0.0384. The molecule has 0 radical (unpaired) electrons. The van der Waals surface area contributed by atoms with Crippen molar-refractivity contribution in [3.8, 4) is 56.1 Å². The van der Waals surface area contributed by atoms with Gasteiger partial charge in [0, 0.05) is 64.6 Å². The summed E-state index contributed by atoms with van der Waals surface area (Å²) in [6, 6.07) is 70.0. The lowest BCUT2D eigenvalue weighted by atomic mass is 9.80. The summed E-state index contributed by atoms with van der Waals surface area (Å²) in [4.78, 5) is 98.8. The van der Waals surface area contributed by atoms with Gasteiger partial charge in [-0.15, -0.1) is 22.7 Å². The molecule has 2 aliphatic rings. The third-order valence-corrected chi connectivity index (χ3v) is 20.1. The van der Waals surface area contributed by atoms with E-state index in [0.29, 0.717) is 45.3 Å². The maximum Gasteiger partial charge on any atom is 0.340 e. The molecule has 16 nitrogen and oxygen atoms in total. The van der Waals surface area contributed by atoms with Gasteiger partial charge < -0.3 is 37.3 Å². The van der Waals surface area contributed by atoms with Crippen molar-refractivity contribution in [1.29, 1.82) is 0 Å². The van der Waals surface area contributed by atoms with Gasteiger partial charge in [-0.2, -0.15) is 0 Å². The Balaban J connectivity index is 0.921. The third-order valence-electron chi connectivity index (χ3n) is 18.6. The van der Waals surface area contributed by atoms with E-state index in [1.807, 2.05) is 72.8 Å². The number of rotatable bonds is 16. The Morgan fingerprint density at radius 1 is 0.304 bits per heavy atom. The van der Waals surface area contributed by atoms with Crippen LogP contribution in [0.1, 0.15) is 64.6 Å². The number of benzene rings is 13. The average Bonchev–Trinajstić information content (AvgIpc) is 0.773. The van der Waals surface area contributed by atoms with Crippen molar-refractivity contribution in [3.05, 3.63) is 299 Å². The van der Waals surface area contributed by atoms with Gasteiger partial charge in [0.15, 0.2) is 22.2 Å². The summed E-state index contributed by atoms with van der Waals surface area (Å²) in [7, 11) is 0. The molecule has 4 aromatic heterocycles. The Morgan fingerprint density at radius 2 is 0.608 bits per heavy atom. The first-order valence-corrected chi connectivity index (χ1v) is 34.2. The molecule has 0 saturated heterocycles. The predicted octanol–water partition coefficient (Wildman–Crippen LogP) is 20.7. The van der Waals surface area contributed by atoms with Crippen LogP contribution in [0.3, 0.4) is 0 Å². The zero-order chi connectivity index (χ0) is 68.4. The smallest absolute Gasteiger partial charge is 0.340 e. The summed E-state index contributed by atoms with van der Waals surface area (Å²) in [6.07, 6.45) is 0. The van der Waals surface area contributed by atoms with Crippen LogP contribution < -0.4 is 28.4 Å². The molecule has 488 valence electrons. The van der Waals surface area contributed by atoms with Crippen LogP contribution in [-0.4, -0.2) is 45.4 Å². The molecule has 18 heteroatoms. The molecule has 0 N–H and O–H groups in total. The van der Waals surface area contributed by atoms with Crippen LogP contribution in [0, 0.1) is 0 Å². The van der Waals surface area contributed by atoms with Gasteiger partial charge in [0.1, 0.15) is 68.3 Å². The van der Waals surface area contributed by atoms with Gasteiger partial charge in [-0.25, -0.2) is 9.59 Å². The molecular weight excluding hydrogens is 1330 g/mol. The predicted molar refractivity (Wildman–Crippen MR) is 388 cm³/mol. The molecule has 0 saturated carbocycles. The fourth-order valence-corrected chi connectivity index (χ4v) is 15.5. The Kier molecular flexibility index (Phi) is 13.9. The number of fused-ring (bicyclic) bond motifs is 8. The Morgan fingerprint density at radius 3 is 0.922 bits per heavy atom. The zero-order valence-corrected chi connectivity index (χ0v) is 54.6. The van der Waals surface area contributed by atoms with Gasteiger partial charge in [0.05, 0.1) is 22.3 Å². The van der Waals surface area contributed by atoms with E-state index in [1.54, 1.807) is 168 Å². The highest BCUT2D eigenvalue weighted by Crippen LogP contribution is 2.59. The van der Waals surface area contributed by atoms with E-state index in [1.165, 1.54) is 24.3 Å². The summed E-state index contributed by atoms with van der Waals surface area (Å²) in [6.45, 7) is 0. The van der Waals surface area contributed by atoms with Crippen molar-refractivity contribution < 1.29 is 66.0 Å². The van der Waals surface area contributed by atoms with Crippen molar-refractivity contribution in [2.45, 2.75) is 12.1 Å². The van der Waals surface area contributed by atoms with Gasteiger partial charge >= 0.3 is 11.9 Å². The lowest BCUT2D eigenvalue weighted by Crippen LogP contribution is -2.47. The normalized spacial score (nSPS) is 13.5. The minimum atomic E-state index is -1.73. The van der Waals surface area contributed by atoms with E-state index < -0.39 is 47.7 Å². The second-order valence-corrected chi connectivity index (χ2v) is 26.3. The van der Waals surface area contributed by atoms with Crippen molar-refractivity contribution in [2.24, 2.45) is 0 Å². The molecule has 17 aromatic rings. The third kappa shape index (κ3) is 9.63. The topological polar surface area (TPSA) is 191 Å². The van der Waals surface area contributed by atoms with Crippen molar-refractivity contribution in [1.82, 2.24) is 9.80 Å². The van der Waals surface area contributed by atoms with Crippen LogP contribution in [-0.2, 0) is 9.59 Å². The SMILES string of the molecule is O=C(Oc1cccs1)C(c1ccc2c(c1)oc1ccccc12)N1C(=O)c2cc(Oc3ccccc3)c3c4c(Oc5ccccc5)cc5c6c(cc(Oc7ccccc7)c(c7c(Oc8ccccc8)cc(c2c37)C1=O)c64)C(=O)N(C(C(=O)Oc1cccs1)c1ccc2c(c1)oc1ccccc12)C5=O. The molecule has 0 fully saturated rings. The summed E-state index contributed by atoms with van der Waals surface area (Å²) in [5.41, 5.74) is 2.13. The second-order valence-electron chi connectivity index (χ2n) is 24.5. The number of carbonyl (C=O) groups is 6. The molecule has 19 rings (SSSR count). The number of thiophene rings is 2. The van der Waals surface area contributed by atoms with Crippen LogP contribution in [0.4, 0.5) is 0 Å². The number of nitrogens with zero attached hydrogens (tertiary/aromatic N) is 2. The molecule has 0 bridgehead atoms. The number of furan rings is 2. The largest absolute Gasteiger partial charge is 0.457 e. The van der Waals surface area contributed by atoms with E-state index in [-0.39, 0.29) is 110 Å². The molecular formula is C84H46N2O14S2. The molecule has 0 aliphatic carbocycles. The monoisotopic (exact) mass is 1370 g/mol. The summed E-state index contributed by atoms with van der Waals surface area (Å²) < 4.78 is 53.6. The van der Waals surface area contributed by atoms with E-state index in [0.717, 1.165) is 54.0 Å². The number of ether oxygens (including phenoxy) is 6.